The second-order valence-corrected chi connectivity index (χ2v) is 6.65. The number of piperidine rings is 1. The van der Waals surface area contributed by atoms with Gasteiger partial charge in [-0.05, 0) is 51.2 Å². The van der Waals surface area contributed by atoms with E-state index in [0.29, 0.717) is 12.5 Å². The zero-order chi connectivity index (χ0) is 15.6. The summed E-state index contributed by atoms with van der Waals surface area (Å²) in [6.45, 7) is 5.33. The van der Waals surface area contributed by atoms with Crippen molar-refractivity contribution in [3.8, 4) is 0 Å². The fourth-order valence-electron chi connectivity index (χ4n) is 3.47. The van der Waals surface area contributed by atoms with Crippen LogP contribution < -0.4 is 0 Å². The van der Waals surface area contributed by atoms with Crippen LogP contribution in [0.1, 0.15) is 26.2 Å². The van der Waals surface area contributed by atoms with E-state index in [0.717, 1.165) is 38.9 Å². The Balaban J connectivity index is 1.91. The minimum absolute atomic E-state index is 0.0307. The second-order valence-electron chi connectivity index (χ2n) is 6.65. The lowest BCUT2D eigenvalue weighted by molar-refractivity contribution is -0.142. The summed E-state index contributed by atoms with van der Waals surface area (Å²) in [6.07, 6.45) is 2.98. The molecular weight excluding hydrogens is 270 g/mol. The molecule has 2 rings (SSSR count). The molecule has 0 aliphatic carbocycles. The Morgan fingerprint density at radius 3 is 2.38 bits per heavy atom. The van der Waals surface area contributed by atoms with Crippen LogP contribution in [-0.2, 0) is 4.79 Å². The molecule has 0 aromatic heterocycles. The van der Waals surface area contributed by atoms with E-state index in [1.807, 2.05) is 6.92 Å². The standard InChI is InChI=1S/C15H27N3O3/c1-11-4-9-18(13(11)14(19)20)15(21)17(3)10-12-5-7-16(2)8-6-12/h11-13H,4-10H2,1-3H3,(H,19,20). The zero-order valence-electron chi connectivity index (χ0n) is 13.3. The largest absolute Gasteiger partial charge is 0.480 e. The summed E-state index contributed by atoms with van der Waals surface area (Å²) in [4.78, 5) is 29.4. The molecule has 6 nitrogen and oxygen atoms in total. The third-order valence-corrected chi connectivity index (χ3v) is 4.90. The Hall–Kier alpha value is -1.30. The van der Waals surface area contributed by atoms with Crippen molar-refractivity contribution in [3.05, 3.63) is 0 Å². The van der Waals surface area contributed by atoms with E-state index in [-0.39, 0.29) is 11.9 Å². The van der Waals surface area contributed by atoms with E-state index >= 15 is 0 Å². The lowest BCUT2D eigenvalue weighted by Gasteiger charge is -2.34. The third kappa shape index (κ3) is 3.67. The number of carboxylic acids is 1. The molecule has 21 heavy (non-hydrogen) atoms. The predicted octanol–water partition coefficient (Wildman–Crippen LogP) is 1.17. The molecule has 0 aromatic rings. The van der Waals surface area contributed by atoms with Crippen LogP contribution in [0.2, 0.25) is 0 Å². The van der Waals surface area contributed by atoms with Crippen LogP contribution in [-0.4, -0.2) is 78.1 Å². The number of hydrogen-bond acceptors (Lipinski definition) is 3. The van der Waals surface area contributed by atoms with Crippen molar-refractivity contribution in [3.63, 3.8) is 0 Å². The Kier molecular flexibility index (Phi) is 5.08. The van der Waals surface area contributed by atoms with Gasteiger partial charge in [0.2, 0.25) is 0 Å². The van der Waals surface area contributed by atoms with Crippen molar-refractivity contribution < 1.29 is 14.7 Å². The minimum atomic E-state index is -0.888. The number of rotatable bonds is 3. The first-order valence-corrected chi connectivity index (χ1v) is 7.83. The van der Waals surface area contributed by atoms with Crippen LogP contribution in [0.25, 0.3) is 0 Å². The number of aliphatic carboxylic acids is 1. The van der Waals surface area contributed by atoms with E-state index in [2.05, 4.69) is 11.9 Å². The highest BCUT2D eigenvalue weighted by atomic mass is 16.4. The van der Waals surface area contributed by atoms with E-state index in [4.69, 9.17) is 0 Å². The number of urea groups is 1. The van der Waals surface area contributed by atoms with E-state index in [1.165, 1.54) is 4.90 Å². The molecule has 0 aromatic carbocycles. The molecule has 0 saturated carbocycles. The summed E-state index contributed by atoms with van der Waals surface area (Å²) in [5.74, 6) is -0.331. The van der Waals surface area contributed by atoms with Crippen molar-refractivity contribution >= 4 is 12.0 Å². The first-order chi connectivity index (χ1) is 9.90. The normalized spacial score (nSPS) is 27.9. The van der Waals surface area contributed by atoms with Crippen molar-refractivity contribution in [2.75, 3.05) is 40.3 Å². The van der Waals surface area contributed by atoms with Crippen molar-refractivity contribution in [1.82, 2.24) is 14.7 Å². The van der Waals surface area contributed by atoms with E-state index < -0.39 is 12.0 Å². The Morgan fingerprint density at radius 1 is 1.19 bits per heavy atom. The maximum absolute atomic E-state index is 12.5. The van der Waals surface area contributed by atoms with Gasteiger partial charge in [-0.15, -0.1) is 0 Å². The van der Waals surface area contributed by atoms with Gasteiger partial charge in [-0.25, -0.2) is 9.59 Å². The van der Waals surface area contributed by atoms with Gasteiger partial charge in [0.15, 0.2) is 0 Å². The van der Waals surface area contributed by atoms with Gasteiger partial charge in [0.05, 0.1) is 0 Å². The second kappa shape index (κ2) is 6.64. The summed E-state index contributed by atoms with van der Waals surface area (Å²) in [7, 11) is 3.91. The average Bonchev–Trinajstić information content (AvgIpc) is 2.82. The van der Waals surface area contributed by atoms with Crippen LogP contribution in [0.4, 0.5) is 4.79 Å². The molecule has 2 amide bonds. The number of likely N-dealkylation sites (tertiary alicyclic amines) is 2. The molecule has 120 valence electrons. The highest BCUT2D eigenvalue weighted by Gasteiger charge is 2.40. The monoisotopic (exact) mass is 297 g/mol. The van der Waals surface area contributed by atoms with Crippen LogP contribution in [0.3, 0.4) is 0 Å². The van der Waals surface area contributed by atoms with Gasteiger partial charge < -0.3 is 19.8 Å². The maximum Gasteiger partial charge on any atom is 0.326 e. The molecule has 0 spiro atoms. The first kappa shape index (κ1) is 16.1. The third-order valence-electron chi connectivity index (χ3n) is 4.90. The first-order valence-electron chi connectivity index (χ1n) is 7.83. The molecule has 2 heterocycles. The van der Waals surface area contributed by atoms with Crippen molar-refractivity contribution in [2.45, 2.75) is 32.2 Å². The smallest absolute Gasteiger partial charge is 0.326 e. The SMILES string of the molecule is CC1CCN(C(=O)N(C)CC2CCN(C)CC2)C1C(=O)O. The van der Waals surface area contributed by atoms with Gasteiger partial charge >= 0.3 is 12.0 Å². The molecule has 2 unspecified atom stereocenters. The summed E-state index contributed by atoms with van der Waals surface area (Å²) in [6, 6.07) is -0.803. The topological polar surface area (TPSA) is 64.1 Å². The molecule has 2 aliphatic rings. The van der Waals surface area contributed by atoms with E-state index in [9.17, 15) is 14.7 Å². The predicted molar refractivity (Wildman–Crippen MR) is 80.2 cm³/mol. The van der Waals surface area contributed by atoms with Crippen molar-refractivity contribution in [2.24, 2.45) is 11.8 Å². The van der Waals surface area contributed by atoms with Crippen LogP contribution in [0.15, 0.2) is 0 Å². The number of carbonyl (C=O) groups is 2. The van der Waals surface area contributed by atoms with Crippen LogP contribution >= 0.6 is 0 Å². The van der Waals surface area contributed by atoms with Crippen LogP contribution in [0.5, 0.6) is 0 Å². The lowest BCUT2D eigenvalue weighted by Crippen LogP contribution is -2.49. The van der Waals surface area contributed by atoms with E-state index in [1.54, 1.807) is 11.9 Å². The fraction of sp³-hybridized carbons (Fsp3) is 0.867. The summed E-state index contributed by atoms with van der Waals surface area (Å²) in [5, 5.41) is 9.32. The molecule has 2 aliphatic heterocycles. The molecule has 0 bridgehead atoms. The van der Waals surface area contributed by atoms with Gasteiger partial charge in [-0.1, -0.05) is 6.92 Å². The van der Waals surface area contributed by atoms with Gasteiger partial charge in [0.25, 0.3) is 0 Å². The van der Waals surface area contributed by atoms with Gasteiger partial charge in [0, 0.05) is 20.1 Å². The Labute approximate surface area is 126 Å². The van der Waals surface area contributed by atoms with Gasteiger partial charge in [0.1, 0.15) is 6.04 Å². The number of hydrogen-bond donors (Lipinski definition) is 1. The van der Waals surface area contributed by atoms with Gasteiger partial charge in [-0.2, -0.15) is 0 Å². The number of carboxylic acid groups (broad SMARTS) is 1. The summed E-state index contributed by atoms with van der Waals surface area (Å²) in [5.41, 5.74) is 0. The molecule has 2 atom stereocenters. The maximum atomic E-state index is 12.5. The minimum Gasteiger partial charge on any atom is -0.480 e. The highest BCUT2D eigenvalue weighted by Crippen LogP contribution is 2.26. The fourth-order valence-corrected chi connectivity index (χ4v) is 3.47. The molecule has 2 saturated heterocycles. The number of amides is 2. The van der Waals surface area contributed by atoms with Gasteiger partial charge in [-0.3, -0.25) is 0 Å². The average molecular weight is 297 g/mol. The Bertz CT molecular complexity index is 394. The number of carbonyl (C=O) groups excluding carboxylic acids is 1. The number of nitrogens with zero attached hydrogens (tertiary/aromatic N) is 3. The zero-order valence-corrected chi connectivity index (χ0v) is 13.3. The van der Waals surface area contributed by atoms with Crippen molar-refractivity contribution in [1.29, 1.82) is 0 Å². The molecule has 1 N–H and O–H groups in total. The molecule has 2 fully saturated rings. The van der Waals surface area contributed by atoms with Crippen LogP contribution in [0, 0.1) is 11.8 Å². The Morgan fingerprint density at radius 2 is 1.81 bits per heavy atom. The molecule has 6 heteroatoms. The molecule has 0 radical (unpaired) electrons. The quantitative estimate of drug-likeness (QED) is 0.849. The summed E-state index contributed by atoms with van der Waals surface area (Å²) < 4.78 is 0. The highest BCUT2D eigenvalue weighted by molar-refractivity contribution is 5.83. The lowest BCUT2D eigenvalue weighted by atomic mass is 9.97. The summed E-state index contributed by atoms with van der Waals surface area (Å²) >= 11 is 0. The molecular formula is C15H27N3O3.